The van der Waals surface area contributed by atoms with E-state index in [-0.39, 0.29) is 0 Å². The largest absolute Gasteiger partial charge is 0.251 e. The maximum atomic E-state index is 4.56. The molecule has 0 radical (unpaired) electrons. The first-order chi connectivity index (χ1) is 8.81. The van der Waals surface area contributed by atoms with Crippen LogP contribution in [0.1, 0.15) is 17.0 Å². The Bertz CT molecular complexity index is 678. The molecule has 1 aromatic carbocycles. The van der Waals surface area contributed by atoms with Crippen LogP contribution in [-0.2, 0) is 6.42 Å². The van der Waals surface area contributed by atoms with Crippen LogP contribution in [0, 0.1) is 6.92 Å². The SMILES string of the molecule is Cc1cnc2ccc(Cc3ccccc3)nc2n1. The first-order valence-electron chi connectivity index (χ1n) is 5.94. The van der Waals surface area contributed by atoms with Gasteiger partial charge in [-0.1, -0.05) is 30.3 Å². The van der Waals surface area contributed by atoms with Crippen LogP contribution in [0.4, 0.5) is 0 Å². The standard InChI is InChI=1S/C15H13N3/c1-11-10-16-14-8-7-13(18-15(14)17-11)9-12-5-3-2-4-6-12/h2-8,10H,9H2,1H3. The van der Waals surface area contributed by atoms with Crippen LogP contribution >= 0.6 is 0 Å². The van der Waals surface area contributed by atoms with E-state index in [0.29, 0.717) is 0 Å². The summed E-state index contributed by atoms with van der Waals surface area (Å²) in [5.74, 6) is 0. The summed E-state index contributed by atoms with van der Waals surface area (Å²) in [5.41, 5.74) is 4.74. The summed E-state index contributed by atoms with van der Waals surface area (Å²) in [5, 5.41) is 0. The quantitative estimate of drug-likeness (QED) is 0.685. The van der Waals surface area contributed by atoms with Crippen LogP contribution in [-0.4, -0.2) is 15.0 Å². The molecule has 3 heteroatoms. The molecule has 0 N–H and O–H groups in total. The fourth-order valence-electron chi connectivity index (χ4n) is 1.93. The molecule has 3 nitrogen and oxygen atoms in total. The third kappa shape index (κ3) is 2.20. The van der Waals surface area contributed by atoms with E-state index in [0.717, 1.165) is 29.0 Å². The highest BCUT2D eigenvalue weighted by Crippen LogP contribution is 2.11. The maximum Gasteiger partial charge on any atom is 0.178 e. The molecule has 0 unspecified atom stereocenters. The highest BCUT2D eigenvalue weighted by atomic mass is 14.9. The minimum atomic E-state index is 0.725. The van der Waals surface area contributed by atoms with Gasteiger partial charge in [-0.15, -0.1) is 0 Å². The number of rotatable bonds is 2. The molecule has 0 aliphatic carbocycles. The van der Waals surface area contributed by atoms with Gasteiger partial charge in [0.05, 0.1) is 5.69 Å². The fourth-order valence-corrected chi connectivity index (χ4v) is 1.93. The Morgan fingerprint density at radius 1 is 0.944 bits per heavy atom. The summed E-state index contributed by atoms with van der Waals surface area (Å²) in [7, 11) is 0. The van der Waals surface area contributed by atoms with Crippen molar-refractivity contribution in [1.29, 1.82) is 0 Å². The summed E-state index contributed by atoms with van der Waals surface area (Å²) in [6.07, 6.45) is 2.59. The molecule has 0 spiro atoms. The van der Waals surface area contributed by atoms with Crippen LogP contribution in [0.5, 0.6) is 0 Å². The van der Waals surface area contributed by atoms with Crippen LogP contribution in [0.2, 0.25) is 0 Å². The molecule has 0 bridgehead atoms. The highest BCUT2D eigenvalue weighted by Gasteiger charge is 2.02. The Morgan fingerprint density at radius 3 is 2.61 bits per heavy atom. The molecule has 2 heterocycles. The van der Waals surface area contributed by atoms with Crippen molar-refractivity contribution in [3.63, 3.8) is 0 Å². The molecule has 0 aliphatic heterocycles. The van der Waals surface area contributed by atoms with E-state index in [1.54, 1.807) is 6.20 Å². The molecule has 88 valence electrons. The number of aromatic nitrogens is 3. The van der Waals surface area contributed by atoms with Crippen molar-refractivity contribution in [2.75, 3.05) is 0 Å². The molecule has 0 aliphatic rings. The number of fused-ring (bicyclic) bond motifs is 1. The van der Waals surface area contributed by atoms with E-state index >= 15 is 0 Å². The van der Waals surface area contributed by atoms with E-state index in [4.69, 9.17) is 0 Å². The van der Waals surface area contributed by atoms with E-state index < -0.39 is 0 Å². The van der Waals surface area contributed by atoms with Crippen LogP contribution in [0.3, 0.4) is 0 Å². The second kappa shape index (κ2) is 4.53. The summed E-state index contributed by atoms with van der Waals surface area (Å²) >= 11 is 0. The average molecular weight is 235 g/mol. The molecule has 3 rings (SSSR count). The normalized spacial score (nSPS) is 10.7. The van der Waals surface area contributed by atoms with Gasteiger partial charge in [0.2, 0.25) is 0 Å². The van der Waals surface area contributed by atoms with Gasteiger partial charge in [0.15, 0.2) is 5.65 Å². The number of aryl methyl sites for hydroxylation is 1. The van der Waals surface area contributed by atoms with Gasteiger partial charge in [-0.3, -0.25) is 4.98 Å². The van der Waals surface area contributed by atoms with Crippen LogP contribution < -0.4 is 0 Å². The van der Waals surface area contributed by atoms with Crippen molar-refractivity contribution in [3.8, 4) is 0 Å². The number of hydrogen-bond donors (Lipinski definition) is 0. The van der Waals surface area contributed by atoms with Gasteiger partial charge in [0.1, 0.15) is 5.52 Å². The second-order valence-corrected chi connectivity index (χ2v) is 4.32. The molecule has 0 atom stereocenters. The van der Waals surface area contributed by atoms with Crippen LogP contribution in [0.25, 0.3) is 11.2 Å². The first kappa shape index (κ1) is 10.8. The Morgan fingerprint density at radius 2 is 1.78 bits per heavy atom. The summed E-state index contributed by atoms with van der Waals surface area (Å²) in [6, 6.07) is 14.3. The maximum absolute atomic E-state index is 4.56. The lowest BCUT2D eigenvalue weighted by Gasteiger charge is -2.03. The van der Waals surface area contributed by atoms with E-state index in [9.17, 15) is 0 Å². The molecule has 3 aromatic rings. The average Bonchev–Trinajstić information content (AvgIpc) is 2.39. The zero-order chi connectivity index (χ0) is 12.4. The summed E-state index contributed by atoms with van der Waals surface area (Å²) in [4.78, 5) is 13.3. The molecule has 18 heavy (non-hydrogen) atoms. The third-order valence-electron chi connectivity index (χ3n) is 2.81. The predicted molar refractivity (Wildman–Crippen MR) is 71.3 cm³/mol. The minimum Gasteiger partial charge on any atom is -0.251 e. The number of benzene rings is 1. The number of nitrogens with zero attached hydrogens (tertiary/aromatic N) is 3. The molecule has 0 saturated carbocycles. The van der Waals surface area contributed by atoms with Crippen molar-refractivity contribution in [1.82, 2.24) is 15.0 Å². The lowest BCUT2D eigenvalue weighted by atomic mass is 10.1. The number of pyridine rings is 1. The van der Waals surface area contributed by atoms with E-state index in [1.807, 2.05) is 37.3 Å². The highest BCUT2D eigenvalue weighted by molar-refractivity contribution is 5.69. The summed E-state index contributed by atoms with van der Waals surface area (Å²) in [6.45, 7) is 1.93. The third-order valence-corrected chi connectivity index (χ3v) is 2.81. The Kier molecular flexibility index (Phi) is 2.73. The first-order valence-corrected chi connectivity index (χ1v) is 5.94. The smallest absolute Gasteiger partial charge is 0.178 e. The fraction of sp³-hybridized carbons (Fsp3) is 0.133. The second-order valence-electron chi connectivity index (χ2n) is 4.32. The molecule has 0 fully saturated rings. The van der Waals surface area contributed by atoms with Crippen LogP contribution in [0.15, 0.2) is 48.7 Å². The van der Waals surface area contributed by atoms with Gasteiger partial charge in [-0.2, -0.15) is 0 Å². The lowest BCUT2D eigenvalue weighted by molar-refractivity contribution is 1.06. The summed E-state index contributed by atoms with van der Waals surface area (Å²) < 4.78 is 0. The van der Waals surface area contributed by atoms with Gasteiger partial charge < -0.3 is 0 Å². The monoisotopic (exact) mass is 235 g/mol. The Balaban J connectivity index is 1.98. The topological polar surface area (TPSA) is 38.7 Å². The predicted octanol–water partition coefficient (Wildman–Crippen LogP) is 2.92. The lowest BCUT2D eigenvalue weighted by Crippen LogP contribution is -1.96. The van der Waals surface area contributed by atoms with Gasteiger partial charge >= 0.3 is 0 Å². The zero-order valence-corrected chi connectivity index (χ0v) is 10.2. The van der Waals surface area contributed by atoms with Gasteiger partial charge in [-0.05, 0) is 24.6 Å². The number of hydrogen-bond acceptors (Lipinski definition) is 3. The van der Waals surface area contributed by atoms with Crippen molar-refractivity contribution in [3.05, 3.63) is 65.6 Å². The molecular formula is C15H13N3. The van der Waals surface area contributed by atoms with Gasteiger partial charge in [0.25, 0.3) is 0 Å². The molecule has 0 saturated heterocycles. The van der Waals surface area contributed by atoms with Gasteiger partial charge in [0, 0.05) is 18.3 Å². The van der Waals surface area contributed by atoms with Gasteiger partial charge in [-0.25, -0.2) is 9.97 Å². The Labute approximate surface area is 106 Å². The van der Waals surface area contributed by atoms with Crippen molar-refractivity contribution < 1.29 is 0 Å². The molecular weight excluding hydrogens is 222 g/mol. The zero-order valence-electron chi connectivity index (χ0n) is 10.2. The minimum absolute atomic E-state index is 0.725. The van der Waals surface area contributed by atoms with Crippen molar-refractivity contribution >= 4 is 11.2 Å². The molecule has 0 amide bonds. The van der Waals surface area contributed by atoms with E-state index in [2.05, 4.69) is 27.1 Å². The molecule has 2 aromatic heterocycles. The van der Waals surface area contributed by atoms with Crippen molar-refractivity contribution in [2.45, 2.75) is 13.3 Å². The van der Waals surface area contributed by atoms with Crippen molar-refractivity contribution in [2.24, 2.45) is 0 Å². The van der Waals surface area contributed by atoms with E-state index in [1.165, 1.54) is 5.56 Å². The Hall–Kier alpha value is -2.29.